The fraction of sp³-hybridized carbons (Fsp3) is 0.480. The zero-order chi connectivity index (χ0) is 21.2. The number of carbonyl (C=O) groups is 2. The third-order valence-electron chi connectivity index (χ3n) is 6.98. The lowest BCUT2D eigenvalue weighted by Crippen LogP contribution is -2.50. The van der Waals surface area contributed by atoms with Gasteiger partial charge in [0.2, 0.25) is 0 Å². The van der Waals surface area contributed by atoms with Crippen molar-refractivity contribution in [3.8, 4) is 0 Å². The third-order valence-corrected chi connectivity index (χ3v) is 6.98. The number of aromatic nitrogens is 1. The van der Waals surface area contributed by atoms with Gasteiger partial charge in [0.15, 0.2) is 0 Å². The highest BCUT2D eigenvalue weighted by molar-refractivity contribution is 6.34. The van der Waals surface area contributed by atoms with Gasteiger partial charge in [0.05, 0.1) is 12.2 Å². The number of nitrogens with one attached hydrogen (secondary N) is 1. The van der Waals surface area contributed by atoms with E-state index in [0.29, 0.717) is 25.7 Å². The third kappa shape index (κ3) is 4.16. The summed E-state index contributed by atoms with van der Waals surface area (Å²) in [5, 5.41) is 2.78. The Bertz CT molecular complexity index is 981. The fourth-order valence-electron chi connectivity index (χ4n) is 5.24. The second kappa shape index (κ2) is 8.69. The van der Waals surface area contributed by atoms with Gasteiger partial charge in [-0.2, -0.15) is 0 Å². The Morgan fingerprint density at radius 3 is 2.61 bits per heavy atom. The van der Waals surface area contributed by atoms with E-state index >= 15 is 0 Å². The number of pyridine rings is 1. The molecule has 1 saturated heterocycles. The number of benzene rings is 1. The Morgan fingerprint density at radius 1 is 0.935 bits per heavy atom. The molecule has 0 spiro atoms. The first-order valence-electron chi connectivity index (χ1n) is 11.6. The summed E-state index contributed by atoms with van der Waals surface area (Å²) < 4.78 is 0. The molecule has 0 unspecified atom stereocenters. The molecule has 3 heterocycles. The predicted octanol–water partition coefficient (Wildman–Crippen LogP) is 2.63. The van der Waals surface area contributed by atoms with Gasteiger partial charge >= 0.3 is 11.8 Å². The number of likely N-dealkylation sites (tertiary alicyclic amines) is 1. The van der Waals surface area contributed by atoms with E-state index < -0.39 is 11.8 Å². The summed E-state index contributed by atoms with van der Waals surface area (Å²) in [6.45, 7) is 2.62. The smallest absolute Gasteiger partial charge is 0.311 e. The summed E-state index contributed by atoms with van der Waals surface area (Å²) in [4.78, 5) is 34.0. The van der Waals surface area contributed by atoms with Crippen LogP contribution in [-0.4, -0.2) is 47.4 Å². The van der Waals surface area contributed by atoms with Crippen molar-refractivity contribution in [2.24, 2.45) is 0 Å². The van der Waals surface area contributed by atoms with E-state index in [-0.39, 0.29) is 0 Å². The standard InChI is InChI=1S/C25H30N4O2/c30-24(26-17-20-10-9-18-5-1-3-7-22(18)27-20)25(31)28-14-12-21(13-15-28)29-16-11-19-6-2-4-8-23(19)29/h2,4,6,8-10,21H,1,3,5,7,11-17H2,(H,26,30). The lowest BCUT2D eigenvalue weighted by atomic mass is 9.96. The first-order valence-corrected chi connectivity index (χ1v) is 11.6. The summed E-state index contributed by atoms with van der Waals surface area (Å²) in [5.41, 5.74) is 6.04. The SMILES string of the molecule is O=C(NCc1ccc2c(n1)CCCC2)C(=O)N1CCC(N2CCc3ccccc32)CC1. The zero-order valence-corrected chi connectivity index (χ0v) is 18.0. The van der Waals surface area contributed by atoms with Crippen LogP contribution in [0.5, 0.6) is 0 Å². The van der Waals surface area contributed by atoms with Gasteiger partial charge in [-0.3, -0.25) is 14.6 Å². The van der Waals surface area contributed by atoms with E-state index in [0.717, 1.165) is 50.0 Å². The maximum atomic E-state index is 12.7. The maximum absolute atomic E-state index is 12.7. The van der Waals surface area contributed by atoms with Gasteiger partial charge in [0.1, 0.15) is 0 Å². The highest BCUT2D eigenvalue weighted by atomic mass is 16.2. The van der Waals surface area contributed by atoms with Crippen molar-refractivity contribution < 1.29 is 9.59 Å². The first-order chi connectivity index (χ1) is 15.2. The Hall–Kier alpha value is -2.89. The first kappa shape index (κ1) is 20.0. The minimum Gasteiger partial charge on any atom is -0.368 e. The van der Waals surface area contributed by atoms with E-state index in [1.54, 1.807) is 4.90 Å². The zero-order valence-electron chi connectivity index (χ0n) is 18.0. The number of nitrogens with zero attached hydrogens (tertiary/aromatic N) is 3. The molecule has 0 atom stereocenters. The van der Waals surface area contributed by atoms with Crippen LogP contribution in [0.3, 0.4) is 0 Å². The summed E-state index contributed by atoms with van der Waals surface area (Å²) in [5.74, 6) is -0.942. The largest absolute Gasteiger partial charge is 0.368 e. The highest BCUT2D eigenvalue weighted by Gasteiger charge is 2.32. The van der Waals surface area contributed by atoms with Gasteiger partial charge in [0.25, 0.3) is 0 Å². The number of para-hydroxylation sites is 1. The molecule has 6 nitrogen and oxygen atoms in total. The quantitative estimate of drug-likeness (QED) is 0.779. The molecule has 0 bridgehead atoms. The van der Waals surface area contributed by atoms with Crippen LogP contribution in [0.2, 0.25) is 0 Å². The van der Waals surface area contributed by atoms with Crippen molar-refractivity contribution in [1.29, 1.82) is 0 Å². The number of carbonyl (C=O) groups excluding carboxylic acids is 2. The van der Waals surface area contributed by atoms with Crippen LogP contribution in [0.1, 0.15) is 48.2 Å². The lowest BCUT2D eigenvalue weighted by Gasteiger charge is -2.37. The number of amides is 2. The van der Waals surface area contributed by atoms with E-state index in [2.05, 4.69) is 45.5 Å². The highest BCUT2D eigenvalue weighted by Crippen LogP contribution is 2.32. The number of piperidine rings is 1. The molecule has 2 aromatic rings. The van der Waals surface area contributed by atoms with Gasteiger partial charge in [-0.15, -0.1) is 0 Å². The topological polar surface area (TPSA) is 65.5 Å². The second-order valence-electron chi connectivity index (χ2n) is 8.89. The average molecular weight is 419 g/mol. The average Bonchev–Trinajstić information content (AvgIpc) is 3.26. The molecular formula is C25H30N4O2. The Kier molecular flexibility index (Phi) is 5.62. The van der Waals surface area contributed by atoms with E-state index in [4.69, 9.17) is 0 Å². The maximum Gasteiger partial charge on any atom is 0.311 e. The summed E-state index contributed by atoms with van der Waals surface area (Å²) in [7, 11) is 0. The lowest BCUT2D eigenvalue weighted by molar-refractivity contribution is -0.146. The predicted molar refractivity (Wildman–Crippen MR) is 120 cm³/mol. The van der Waals surface area contributed by atoms with E-state index in [9.17, 15) is 9.59 Å². The van der Waals surface area contributed by atoms with E-state index in [1.807, 2.05) is 6.07 Å². The number of hydrogen-bond acceptors (Lipinski definition) is 4. The van der Waals surface area contributed by atoms with Crippen LogP contribution < -0.4 is 10.2 Å². The second-order valence-corrected chi connectivity index (χ2v) is 8.89. The fourth-order valence-corrected chi connectivity index (χ4v) is 5.24. The molecule has 5 rings (SSSR count). The molecule has 0 saturated carbocycles. The van der Waals surface area contributed by atoms with Crippen molar-refractivity contribution in [2.75, 3.05) is 24.5 Å². The normalized spacial score (nSPS) is 18.5. The molecule has 1 N–H and O–H groups in total. The number of aryl methyl sites for hydroxylation is 2. The molecule has 1 aliphatic carbocycles. The Labute approximate surface area is 183 Å². The van der Waals surface area contributed by atoms with Crippen LogP contribution in [0.25, 0.3) is 0 Å². The summed E-state index contributed by atoms with van der Waals surface area (Å²) in [6.07, 6.45) is 7.39. The number of hydrogen-bond donors (Lipinski definition) is 1. The van der Waals surface area contributed by atoms with Crippen LogP contribution >= 0.6 is 0 Å². The molecule has 0 radical (unpaired) electrons. The molecule has 1 fully saturated rings. The molecule has 6 heteroatoms. The monoisotopic (exact) mass is 418 g/mol. The van der Waals surface area contributed by atoms with Crippen LogP contribution in [0, 0.1) is 0 Å². The Balaban J connectivity index is 1.12. The molecule has 2 aliphatic heterocycles. The molecule has 31 heavy (non-hydrogen) atoms. The molecule has 1 aromatic carbocycles. The summed E-state index contributed by atoms with van der Waals surface area (Å²) >= 11 is 0. The van der Waals surface area contributed by atoms with Gasteiger partial charge in [-0.25, -0.2) is 0 Å². The molecular weight excluding hydrogens is 388 g/mol. The summed E-state index contributed by atoms with van der Waals surface area (Å²) in [6, 6.07) is 13.1. The van der Waals surface area contributed by atoms with Gasteiger partial charge in [-0.1, -0.05) is 24.3 Å². The number of anilines is 1. The van der Waals surface area contributed by atoms with Gasteiger partial charge in [0, 0.05) is 37.1 Å². The molecule has 3 aliphatic rings. The number of fused-ring (bicyclic) bond motifs is 2. The van der Waals surface area contributed by atoms with Crippen molar-refractivity contribution in [3.05, 3.63) is 58.9 Å². The number of rotatable bonds is 3. The molecule has 2 amide bonds. The van der Waals surface area contributed by atoms with E-state index in [1.165, 1.54) is 29.7 Å². The van der Waals surface area contributed by atoms with Crippen molar-refractivity contribution in [3.63, 3.8) is 0 Å². The van der Waals surface area contributed by atoms with Gasteiger partial charge in [-0.05, 0) is 68.2 Å². The minimum absolute atomic E-state index is 0.304. The molecule has 1 aromatic heterocycles. The Morgan fingerprint density at radius 2 is 1.74 bits per heavy atom. The van der Waals surface area contributed by atoms with Gasteiger partial charge < -0.3 is 15.1 Å². The van der Waals surface area contributed by atoms with Crippen molar-refractivity contribution >= 4 is 17.5 Å². The van der Waals surface area contributed by atoms with Crippen LogP contribution in [0.4, 0.5) is 5.69 Å². The molecule has 162 valence electrons. The van der Waals surface area contributed by atoms with Crippen LogP contribution in [0.15, 0.2) is 36.4 Å². The van der Waals surface area contributed by atoms with Crippen LogP contribution in [-0.2, 0) is 35.4 Å². The van der Waals surface area contributed by atoms with Crippen molar-refractivity contribution in [1.82, 2.24) is 15.2 Å². The minimum atomic E-state index is -0.524. The van der Waals surface area contributed by atoms with Crippen molar-refractivity contribution in [2.45, 2.75) is 57.5 Å².